The Morgan fingerprint density at radius 2 is 2.00 bits per heavy atom. The topological polar surface area (TPSA) is 32.3 Å². The number of rotatable bonds is 2. The third-order valence-corrected chi connectivity index (χ3v) is 4.67. The molecule has 0 aliphatic carbocycles. The molecule has 100 valence electrons. The summed E-state index contributed by atoms with van der Waals surface area (Å²) in [6.45, 7) is 3.76. The summed E-state index contributed by atoms with van der Waals surface area (Å²) in [5.74, 6) is 0. The van der Waals surface area contributed by atoms with Gasteiger partial charge in [0.15, 0.2) is 0 Å². The summed E-state index contributed by atoms with van der Waals surface area (Å²) in [5, 5.41) is 3.05. The lowest BCUT2D eigenvalue weighted by Gasteiger charge is -2.23. The molecule has 18 heavy (non-hydrogen) atoms. The first-order valence-corrected chi connectivity index (χ1v) is 7.67. The van der Waals surface area contributed by atoms with E-state index in [9.17, 15) is 4.79 Å². The lowest BCUT2D eigenvalue weighted by atomic mass is 10.2. The average Bonchev–Trinajstić information content (AvgIpc) is 2.63. The minimum atomic E-state index is 0.0262. The maximum atomic E-state index is 12.1. The number of hydrogen-bond acceptors (Lipinski definition) is 2. The minimum absolute atomic E-state index is 0.0262. The molecule has 0 spiro atoms. The smallest absolute Gasteiger partial charge is 0.317 e. The van der Waals surface area contributed by atoms with Crippen molar-refractivity contribution in [2.45, 2.75) is 38.6 Å². The molecule has 1 aromatic heterocycles. The van der Waals surface area contributed by atoms with Gasteiger partial charge in [-0.3, -0.25) is 0 Å². The summed E-state index contributed by atoms with van der Waals surface area (Å²) in [6, 6.07) is 3.92. The predicted molar refractivity (Wildman–Crippen MR) is 76.3 cm³/mol. The number of amides is 2. The van der Waals surface area contributed by atoms with E-state index in [-0.39, 0.29) is 12.1 Å². The highest BCUT2D eigenvalue weighted by Crippen LogP contribution is 2.26. The molecule has 5 heteroatoms. The van der Waals surface area contributed by atoms with E-state index in [1.165, 1.54) is 24.2 Å². The van der Waals surface area contributed by atoms with E-state index in [0.717, 1.165) is 35.1 Å². The summed E-state index contributed by atoms with van der Waals surface area (Å²) >= 11 is 7.43. The second-order valence-corrected chi connectivity index (χ2v) is 6.46. The first kappa shape index (κ1) is 13.7. The first-order chi connectivity index (χ1) is 8.66. The van der Waals surface area contributed by atoms with Crippen LogP contribution in [-0.2, 0) is 0 Å². The summed E-state index contributed by atoms with van der Waals surface area (Å²) in [5.41, 5.74) is 0. The van der Waals surface area contributed by atoms with Gasteiger partial charge in [0.25, 0.3) is 0 Å². The van der Waals surface area contributed by atoms with Crippen molar-refractivity contribution in [2.24, 2.45) is 0 Å². The average molecular weight is 287 g/mol. The number of thiophene rings is 1. The van der Waals surface area contributed by atoms with Crippen LogP contribution in [0.1, 0.15) is 43.5 Å². The Balaban J connectivity index is 1.89. The number of urea groups is 1. The van der Waals surface area contributed by atoms with Gasteiger partial charge in [-0.25, -0.2) is 4.79 Å². The maximum Gasteiger partial charge on any atom is 0.317 e. The monoisotopic (exact) mass is 286 g/mol. The molecular formula is C13H19ClN2OS. The van der Waals surface area contributed by atoms with Crippen molar-refractivity contribution in [3.63, 3.8) is 0 Å². The van der Waals surface area contributed by atoms with Crippen LogP contribution in [0.4, 0.5) is 4.79 Å². The fraction of sp³-hybridized carbons (Fsp3) is 0.615. The van der Waals surface area contributed by atoms with Crippen molar-refractivity contribution in [3.8, 4) is 0 Å². The second-order valence-electron chi connectivity index (χ2n) is 4.71. The SMILES string of the molecule is CC(NC(=O)N1CCCCCC1)c1ccc(Cl)s1. The molecule has 1 aromatic rings. The fourth-order valence-electron chi connectivity index (χ4n) is 2.18. The molecule has 1 N–H and O–H groups in total. The zero-order chi connectivity index (χ0) is 13.0. The quantitative estimate of drug-likeness (QED) is 0.874. The molecule has 1 fully saturated rings. The molecule has 3 nitrogen and oxygen atoms in total. The Bertz CT molecular complexity index is 399. The molecule has 0 saturated carbocycles. The molecule has 2 heterocycles. The molecule has 1 atom stereocenters. The van der Waals surface area contributed by atoms with Crippen LogP contribution in [0.5, 0.6) is 0 Å². The first-order valence-electron chi connectivity index (χ1n) is 6.47. The molecule has 0 aromatic carbocycles. The van der Waals surface area contributed by atoms with E-state index in [4.69, 9.17) is 11.6 Å². The van der Waals surface area contributed by atoms with Gasteiger partial charge in [0.05, 0.1) is 10.4 Å². The normalized spacial score (nSPS) is 18.2. The van der Waals surface area contributed by atoms with Crippen LogP contribution in [0.25, 0.3) is 0 Å². The zero-order valence-corrected chi connectivity index (χ0v) is 12.2. The van der Waals surface area contributed by atoms with Gasteiger partial charge in [0.1, 0.15) is 0 Å². The van der Waals surface area contributed by atoms with Crippen LogP contribution < -0.4 is 5.32 Å². The lowest BCUT2D eigenvalue weighted by molar-refractivity contribution is 0.196. The Morgan fingerprint density at radius 3 is 2.56 bits per heavy atom. The number of hydrogen-bond donors (Lipinski definition) is 1. The van der Waals surface area contributed by atoms with Crippen LogP contribution in [-0.4, -0.2) is 24.0 Å². The van der Waals surface area contributed by atoms with Gasteiger partial charge in [-0.05, 0) is 31.9 Å². The van der Waals surface area contributed by atoms with Crippen molar-refractivity contribution in [1.29, 1.82) is 0 Å². The summed E-state index contributed by atoms with van der Waals surface area (Å²) in [6.07, 6.45) is 4.71. The highest BCUT2D eigenvalue weighted by molar-refractivity contribution is 7.16. The molecule has 2 amide bonds. The van der Waals surface area contributed by atoms with Crippen LogP contribution in [0, 0.1) is 0 Å². The molecule has 2 rings (SSSR count). The van der Waals surface area contributed by atoms with Gasteiger partial charge in [0.2, 0.25) is 0 Å². The van der Waals surface area contributed by atoms with Gasteiger partial charge < -0.3 is 10.2 Å². The van der Waals surface area contributed by atoms with E-state index in [1.807, 2.05) is 24.0 Å². The van der Waals surface area contributed by atoms with Gasteiger partial charge in [-0.1, -0.05) is 24.4 Å². The number of nitrogens with one attached hydrogen (secondary N) is 1. The van der Waals surface area contributed by atoms with E-state index in [2.05, 4.69) is 5.32 Å². The molecule has 1 aliphatic rings. The van der Waals surface area contributed by atoms with Crippen LogP contribution in [0.15, 0.2) is 12.1 Å². The van der Waals surface area contributed by atoms with Crippen molar-refractivity contribution in [1.82, 2.24) is 10.2 Å². The van der Waals surface area contributed by atoms with E-state index in [0.29, 0.717) is 0 Å². The number of nitrogens with zero attached hydrogens (tertiary/aromatic N) is 1. The Hall–Kier alpha value is -0.740. The van der Waals surface area contributed by atoms with Crippen molar-refractivity contribution < 1.29 is 4.79 Å². The Kier molecular flexibility index (Phi) is 4.89. The third-order valence-electron chi connectivity index (χ3n) is 3.25. The standard InChI is InChI=1S/C13H19ClN2OS/c1-10(11-6-7-12(14)18-11)15-13(17)16-8-4-2-3-5-9-16/h6-7,10H,2-5,8-9H2,1H3,(H,15,17). The van der Waals surface area contributed by atoms with Crippen LogP contribution >= 0.6 is 22.9 Å². The third kappa shape index (κ3) is 3.62. The van der Waals surface area contributed by atoms with E-state index >= 15 is 0 Å². The highest BCUT2D eigenvalue weighted by Gasteiger charge is 2.18. The number of carbonyl (C=O) groups excluding carboxylic acids is 1. The number of likely N-dealkylation sites (tertiary alicyclic amines) is 1. The van der Waals surface area contributed by atoms with Crippen molar-refractivity contribution in [2.75, 3.05) is 13.1 Å². The number of halogens is 1. The van der Waals surface area contributed by atoms with Gasteiger partial charge in [-0.2, -0.15) is 0 Å². The lowest BCUT2D eigenvalue weighted by Crippen LogP contribution is -2.41. The highest BCUT2D eigenvalue weighted by atomic mass is 35.5. The van der Waals surface area contributed by atoms with E-state index in [1.54, 1.807) is 0 Å². The molecule has 1 unspecified atom stereocenters. The van der Waals surface area contributed by atoms with Gasteiger partial charge in [0, 0.05) is 18.0 Å². The van der Waals surface area contributed by atoms with E-state index < -0.39 is 0 Å². The van der Waals surface area contributed by atoms with Gasteiger partial charge >= 0.3 is 6.03 Å². The van der Waals surface area contributed by atoms with Crippen molar-refractivity contribution in [3.05, 3.63) is 21.3 Å². The molecule has 1 aliphatic heterocycles. The predicted octanol–water partition coefficient (Wildman–Crippen LogP) is 4.05. The minimum Gasteiger partial charge on any atom is -0.331 e. The Labute approximate surface area is 117 Å². The number of carbonyl (C=O) groups is 1. The molecule has 0 radical (unpaired) electrons. The summed E-state index contributed by atoms with van der Waals surface area (Å²) in [4.78, 5) is 15.2. The largest absolute Gasteiger partial charge is 0.331 e. The summed E-state index contributed by atoms with van der Waals surface area (Å²) in [7, 11) is 0. The van der Waals surface area contributed by atoms with Crippen LogP contribution in [0.2, 0.25) is 4.34 Å². The van der Waals surface area contributed by atoms with Crippen LogP contribution in [0.3, 0.4) is 0 Å². The molecular weight excluding hydrogens is 268 g/mol. The van der Waals surface area contributed by atoms with Crippen molar-refractivity contribution >= 4 is 29.0 Å². The second kappa shape index (κ2) is 6.43. The van der Waals surface area contributed by atoms with Gasteiger partial charge in [-0.15, -0.1) is 11.3 Å². The summed E-state index contributed by atoms with van der Waals surface area (Å²) < 4.78 is 0.765. The zero-order valence-electron chi connectivity index (χ0n) is 10.6. The fourth-order valence-corrected chi connectivity index (χ4v) is 3.25. The molecule has 1 saturated heterocycles. The maximum absolute atomic E-state index is 12.1. The molecule has 0 bridgehead atoms. The Morgan fingerprint density at radius 1 is 1.33 bits per heavy atom.